The Bertz CT molecular complexity index is 1190. The van der Waals surface area contributed by atoms with Crippen LogP contribution in [0, 0.1) is 0 Å². The van der Waals surface area contributed by atoms with E-state index in [-0.39, 0.29) is 0 Å². The highest BCUT2D eigenvalue weighted by atomic mass is 16.5. The lowest BCUT2D eigenvalue weighted by atomic mass is 10.2. The summed E-state index contributed by atoms with van der Waals surface area (Å²) in [5.41, 5.74) is 7.81. The number of benzene rings is 2. The normalized spacial score (nSPS) is 10.0. The number of nitrogens with zero attached hydrogens (tertiary/aromatic N) is 2. The highest BCUT2D eigenvalue weighted by Crippen LogP contribution is 2.23. The maximum Gasteiger partial charge on any atom is 0.409 e. The number of carboxylic acid groups (broad SMARTS) is 2. The van der Waals surface area contributed by atoms with E-state index in [1.165, 1.54) is 0 Å². The van der Waals surface area contributed by atoms with Crippen molar-refractivity contribution >= 4 is 29.3 Å². The second-order valence-electron chi connectivity index (χ2n) is 6.50. The molecule has 10 nitrogen and oxygen atoms in total. The van der Waals surface area contributed by atoms with Crippen molar-refractivity contribution in [2.45, 2.75) is 6.54 Å². The van der Waals surface area contributed by atoms with Gasteiger partial charge in [-0.15, -0.1) is 0 Å². The molecule has 0 saturated heterocycles. The largest absolute Gasteiger partial charge is 0.465 e. The van der Waals surface area contributed by atoms with Crippen molar-refractivity contribution in [1.29, 1.82) is 0 Å². The first-order chi connectivity index (χ1) is 15.4. The van der Waals surface area contributed by atoms with Crippen LogP contribution in [-0.2, 0) is 6.54 Å². The average Bonchev–Trinajstić information content (AvgIpc) is 3.14. The maximum atomic E-state index is 10.5. The van der Waals surface area contributed by atoms with Gasteiger partial charge in [0.15, 0.2) is 0 Å². The van der Waals surface area contributed by atoms with Crippen molar-refractivity contribution < 1.29 is 24.5 Å². The minimum atomic E-state index is -1.10. The molecular weight excluding hydrogens is 414 g/mol. The number of fused-ring (bicyclic) bond motifs is 1. The Morgan fingerprint density at radius 3 is 2.25 bits per heavy atom. The molecule has 32 heavy (non-hydrogen) atoms. The molecule has 0 radical (unpaired) electrons. The predicted octanol–water partition coefficient (Wildman–Crippen LogP) is 4.25. The van der Waals surface area contributed by atoms with Gasteiger partial charge >= 0.3 is 12.2 Å². The number of hydrogen-bond donors (Lipinski definition) is 5. The molecule has 2 aromatic carbocycles. The van der Waals surface area contributed by atoms with Gasteiger partial charge < -0.3 is 30.4 Å². The fourth-order valence-corrected chi connectivity index (χ4v) is 2.69. The number of nitrogens with one attached hydrogen (secondary N) is 2. The summed E-state index contributed by atoms with van der Waals surface area (Å²) in [5.74, 6) is 1.66. The van der Waals surface area contributed by atoms with E-state index in [1.807, 2.05) is 30.3 Å². The third kappa shape index (κ3) is 6.66. The monoisotopic (exact) mass is 435 g/mol. The summed E-state index contributed by atoms with van der Waals surface area (Å²) in [6, 6.07) is 19.6. The lowest BCUT2D eigenvalue weighted by Crippen LogP contribution is -2.19. The summed E-state index contributed by atoms with van der Waals surface area (Å²) in [7, 11) is 0. The van der Waals surface area contributed by atoms with E-state index in [0.717, 1.165) is 11.2 Å². The number of hydrogen-bond acceptors (Lipinski definition) is 5. The number of imidazole rings is 1. The number of nitrogen functional groups attached to an aromatic ring is 1. The Morgan fingerprint density at radius 1 is 0.906 bits per heavy atom. The lowest BCUT2D eigenvalue weighted by Gasteiger charge is -2.07. The van der Waals surface area contributed by atoms with Crippen LogP contribution in [0.4, 0.5) is 21.1 Å². The van der Waals surface area contributed by atoms with E-state index in [1.54, 1.807) is 53.2 Å². The third-order valence-corrected chi connectivity index (χ3v) is 4.07. The molecule has 0 spiro atoms. The van der Waals surface area contributed by atoms with E-state index in [2.05, 4.69) is 15.6 Å². The zero-order valence-electron chi connectivity index (χ0n) is 16.8. The Hall–Kier alpha value is -4.73. The molecule has 4 aromatic rings. The van der Waals surface area contributed by atoms with Crippen LogP contribution >= 0.6 is 0 Å². The van der Waals surface area contributed by atoms with E-state index in [0.29, 0.717) is 29.5 Å². The van der Waals surface area contributed by atoms with Crippen LogP contribution in [0.1, 0.15) is 5.56 Å². The minimum Gasteiger partial charge on any atom is -0.465 e. The minimum absolute atomic E-state index is 0.371. The van der Waals surface area contributed by atoms with Gasteiger partial charge in [-0.2, -0.15) is 0 Å². The molecule has 0 aliphatic carbocycles. The fraction of sp³-hybridized carbons (Fsp3) is 0.0455. The smallest absolute Gasteiger partial charge is 0.409 e. The molecule has 2 aromatic heterocycles. The van der Waals surface area contributed by atoms with E-state index < -0.39 is 12.2 Å². The zero-order chi connectivity index (χ0) is 22.9. The number of carbonyl (C=O) groups is 2. The Labute approximate surface area is 182 Å². The van der Waals surface area contributed by atoms with Gasteiger partial charge in [-0.25, -0.2) is 14.6 Å². The highest BCUT2D eigenvalue weighted by molar-refractivity contribution is 5.82. The van der Waals surface area contributed by atoms with E-state index in [4.69, 9.17) is 20.7 Å². The predicted molar refractivity (Wildman–Crippen MR) is 119 cm³/mol. The molecule has 0 fully saturated rings. The van der Waals surface area contributed by atoms with Crippen molar-refractivity contribution in [1.82, 2.24) is 14.7 Å². The standard InChI is InChI=1S/C14H12N4O3.C8H9NO2/c15-12-8-18-7-11(5-6-13(18)17-12)21-10-3-1-9(2-4-10)16-14(19)20;10-8(11)9-6-7-4-2-1-3-5-7/h1-8,16H,15H2,(H,19,20);1-5,9H,6H2,(H,10,11). The first-order valence-corrected chi connectivity index (χ1v) is 9.42. The molecule has 0 unspecified atom stereocenters. The third-order valence-electron chi connectivity index (χ3n) is 4.07. The number of ether oxygens (including phenoxy) is 1. The number of anilines is 2. The van der Waals surface area contributed by atoms with Crippen LogP contribution in [0.5, 0.6) is 11.5 Å². The van der Waals surface area contributed by atoms with Gasteiger partial charge in [-0.05, 0) is 42.0 Å². The average molecular weight is 435 g/mol. The molecule has 6 N–H and O–H groups in total. The van der Waals surface area contributed by atoms with Gasteiger partial charge in [0.05, 0.1) is 12.4 Å². The molecule has 4 rings (SSSR count). The van der Waals surface area contributed by atoms with Gasteiger partial charge in [0.1, 0.15) is 23.0 Å². The van der Waals surface area contributed by atoms with Gasteiger partial charge in [0, 0.05) is 12.2 Å². The van der Waals surface area contributed by atoms with Crippen molar-refractivity contribution in [3.8, 4) is 11.5 Å². The summed E-state index contributed by atoms with van der Waals surface area (Å²) in [6.07, 6.45) is 1.37. The molecule has 0 aliphatic rings. The van der Waals surface area contributed by atoms with E-state index >= 15 is 0 Å². The molecular formula is C22H21N5O5. The van der Waals surface area contributed by atoms with Gasteiger partial charge in [0.25, 0.3) is 0 Å². The summed E-state index contributed by atoms with van der Waals surface area (Å²) in [5, 5.41) is 21.4. The molecule has 10 heteroatoms. The maximum absolute atomic E-state index is 10.5. The second-order valence-corrected chi connectivity index (χ2v) is 6.50. The van der Waals surface area contributed by atoms with Gasteiger partial charge in [-0.1, -0.05) is 30.3 Å². The highest BCUT2D eigenvalue weighted by Gasteiger charge is 2.03. The first-order valence-electron chi connectivity index (χ1n) is 9.42. The molecule has 2 heterocycles. The van der Waals surface area contributed by atoms with Gasteiger partial charge in [0.2, 0.25) is 0 Å². The SMILES string of the molecule is Nc1cn2cc(Oc3ccc(NC(=O)O)cc3)ccc2n1.O=C(O)NCc1ccccc1. The van der Waals surface area contributed by atoms with Crippen LogP contribution < -0.4 is 21.1 Å². The fourth-order valence-electron chi connectivity index (χ4n) is 2.69. The van der Waals surface area contributed by atoms with Crippen molar-refractivity contribution in [2.75, 3.05) is 11.1 Å². The second kappa shape index (κ2) is 10.3. The molecule has 164 valence electrons. The summed E-state index contributed by atoms with van der Waals surface area (Å²) < 4.78 is 7.46. The summed E-state index contributed by atoms with van der Waals surface area (Å²) in [4.78, 5) is 24.7. The molecule has 0 atom stereocenters. The number of rotatable bonds is 5. The number of amides is 2. The molecule has 0 saturated carbocycles. The molecule has 0 bridgehead atoms. The van der Waals surface area contributed by atoms with Crippen molar-refractivity contribution in [2.24, 2.45) is 0 Å². The lowest BCUT2D eigenvalue weighted by molar-refractivity contribution is 0.194. The van der Waals surface area contributed by atoms with Crippen LogP contribution in [-0.4, -0.2) is 31.8 Å². The van der Waals surface area contributed by atoms with Crippen LogP contribution in [0.25, 0.3) is 5.65 Å². The van der Waals surface area contributed by atoms with Gasteiger partial charge in [-0.3, -0.25) is 5.32 Å². The Balaban J connectivity index is 0.000000222. The van der Waals surface area contributed by atoms with E-state index in [9.17, 15) is 9.59 Å². The zero-order valence-corrected chi connectivity index (χ0v) is 16.8. The quantitative estimate of drug-likeness (QED) is 0.314. The van der Waals surface area contributed by atoms with Crippen molar-refractivity contribution in [3.05, 3.63) is 84.7 Å². The van der Waals surface area contributed by atoms with Crippen LogP contribution in [0.3, 0.4) is 0 Å². The van der Waals surface area contributed by atoms with Crippen LogP contribution in [0.15, 0.2) is 79.1 Å². The molecule has 2 amide bonds. The number of aromatic nitrogens is 2. The van der Waals surface area contributed by atoms with Crippen molar-refractivity contribution in [3.63, 3.8) is 0 Å². The summed E-state index contributed by atoms with van der Waals surface area (Å²) >= 11 is 0. The first kappa shape index (κ1) is 22.0. The molecule has 0 aliphatic heterocycles. The summed E-state index contributed by atoms with van der Waals surface area (Å²) in [6.45, 7) is 0.371. The van der Waals surface area contributed by atoms with Crippen LogP contribution in [0.2, 0.25) is 0 Å². The topological polar surface area (TPSA) is 151 Å². The Kier molecular flexibility index (Phi) is 7.10. The number of pyridine rings is 1. The Morgan fingerprint density at radius 2 is 1.59 bits per heavy atom. The number of nitrogens with two attached hydrogens (primary N) is 1.